The molecule has 0 saturated carbocycles. The summed E-state index contributed by atoms with van der Waals surface area (Å²) >= 11 is 0. The highest BCUT2D eigenvalue weighted by molar-refractivity contribution is 8.76. The van der Waals surface area contributed by atoms with E-state index in [0.29, 0.717) is 31.2 Å². The third-order valence-corrected chi connectivity index (χ3v) is 11.9. The Labute approximate surface area is 305 Å². The number of aromatic nitrogens is 3. The molecule has 3 amide bonds. The normalized spacial score (nSPS) is 13.4. The summed E-state index contributed by atoms with van der Waals surface area (Å²) in [6.07, 6.45) is 4.93. The highest BCUT2D eigenvalue weighted by atomic mass is 33.1. The minimum absolute atomic E-state index is 0.0782. The van der Waals surface area contributed by atoms with Gasteiger partial charge in [0.25, 0.3) is 0 Å². The first kappa shape index (κ1) is 39.4. The van der Waals surface area contributed by atoms with Crippen molar-refractivity contribution in [2.45, 2.75) is 122 Å². The summed E-state index contributed by atoms with van der Waals surface area (Å²) in [6, 6.07) is 16.0. The molecule has 272 valence electrons. The second-order valence-corrected chi connectivity index (χ2v) is 17.2. The molecule has 0 spiro atoms. The van der Waals surface area contributed by atoms with Gasteiger partial charge in [-0.15, -0.1) is 5.10 Å². The number of carbonyl (C=O) groups is 3. The Kier molecular flexibility index (Phi) is 14.4. The van der Waals surface area contributed by atoms with Crippen molar-refractivity contribution in [2.75, 3.05) is 17.3 Å². The number of benzene rings is 2. The fraction of sp³-hybridized carbons (Fsp3) is 0.553. The monoisotopic (exact) mass is 722 g/mol. The van der Waals surface area contributed by atoms with E-state index in [4.69, 9.17) is 10.5 Å². The van der Waals surface area contributed by atoms with Crippen LogP contribution in [-0.4, -0.2) is 61.5 Å². The number of amides is 3. The van der Waals surface area contributed by atoms with E-state index in [-0.39, 0.29) is 36.2 Å². The third kappa shape index (κ3) is 11.3. The number of carbonyl (C=O) groups excluding carboxylic acids is 3. The zero-order valence-corrected chi connectivity index (χ0v) is 32.1. The van der Waals surface area contributed by atoms with Gasteiger partial charge in [-0.1, -0.05) is 89.5 Å². The topological polar surface area (TPSA) is 132 Å². The lowest BCUT2D eigenvalue weighted by atomic mass is 9.95. The maximum absolute atomic E-state index is 13.9. The smallest absolute Gasteiger partial charge is 0.227 e. The molecule has 0 saturated heterocycles. The number of unbranched alkanes of at least 4 members (excludes halogenated alkanes) is 1. The second-order valence-electron chi connectivity index (χ2n) is 14.3. The van der Waals surface area contributed by atoms with Crippen LogP contribution in [-0.2, 0) is 32.2 Å². The van der Waals surface area contributed by atoms with Gasteiger partial charge in [-0.05, 0) is 65.0 Å². The van der Waals surface area contributed by atoms with E-state index < -0.39 is 5.54 Å². The third-order valence-electron chi connectivity index (χ3n) is 8.89. The van der Waals surface area contributed by atoms with Crippen molar-refractivity contribution in [2.24, 2.45) is 5.73 Å². The standard InChI is InChI=1S/C38H54N6O4S2/c1-7-8-23-44-36-29-14-10-9-13-28(29)26-43(31-16-12-11-15-30(31)35(36)41-42-44)34(47)20-19-33(46)40-37(3,4)21-24-48-38(5,6)22-25-49-50-27(2)17-18-32(39)45/h9-16,27H,7-8,17-26H2,1-6H3,(H2,39,45)(H,40,46). The SMILES string of the molecule is CCCCn1nnc2c1-c1ccccc1CN(C(=O)CCC(=O)NC(C)(C)CCOC(C)(C)CCSSC(C)CCC(N)=O)c1ccccc1-2. The fourth-order valence-corrected chi connectivity index (χ4v) is 8.50. The lowest BCUT2D eigenvalue weighted by molar-refractivity contribution is -0.126. The zero-order valence-electron chi connectivity index (χ0n) is 30.5. The van der Waals surface area contributed by atoms with E-state index >= 15 is 0 Å². The molecule has 0 aliphatic carbocycles. The highest BCUT2D eigenvalue weighted by Gasteiger charge is 2.30. The number of aryl methyl sites for hydroxylation is 1. The van der Waals surface area contributed by atoms with E-state index in [1.165, 1.54) is 0 Å². The number of rotatable bonds is 19. The van der Waals surface area contributed by atoms with Gasteiger partial charge in [-0.3, -0.25) is 14.4 Å². The Bertz CT molecular complexity index is 1610. The molecule has 4 rings (SSSR count). The van der Waals surface area contributed by atoms with E-state index in [1.54, 1.807) is 26.5 Å². The minimum atomic E-state index is -0.497. The van der Waals surface area contributed by atoms with Crippen molar-refractivity contribution in [3.05, 3.63) is 54.1 Å². The number of hydrogen-bond donors (Lipinski definition) is 2. The summed E-state index contributed by atoms with van der Waals surface area (Å²) in [5.74, 6) is 0.392. The average Bonchev–Trinajstić information content (AvgIpc) is 3.48. The minimum Gasteiger partial charge on any atom is -0.375 e. The van der Waals surface area contributed by atoms with Gasteiger partial charge < -0.3 is 20.7 Å². The van der Waals surface area contributed by atoms with Crippen LogP contribution in [0.1, 0.15) is 98.5 Å². The van der Waals surface area contributed by atoms with E-state index in [9.17, 15) is 14.4 Å². The quantitative estimate of drug-likeness (QED) is 0.0958. The van der Waals surface area contributed by atoms with Crippen molar-refractivity contribution in [1.82, 2.24) is 20.3 Å². The van der Waals surface area contributed by atoms with E-state index in [1.807, 2.05) is 54.9 Å². The van der Waals surface area contributed by atoms with Crippen molar-refractivity contribution in [3.8, 4) is 22.5 Å². The van der Waals surface area contributed by atoms with Crippen LogP contribution in [0.15, 0.2) is 48.5 Å². The van der Waals surface area contributed by atoms with Crippen molar-refractivity contribution < 1.29 is 19.1 Å². The van der Waals surface area contributed by atoms with Gasteiger partial charge in [0.05, 0.1) is 23.5 Å². The van der Waals surface area contributed by atoms with Crippen LogP contribution in [0.2, 0.25) is 0 Å². The van der Waals surface area contributed by atoms with Gasteiger partial charge >= 0.3 is 0 Å². The summed E-state index contributed by atoms with van der Waals surface area (Å²) in [4.78, 5) is 39.9. The average molecular weight is 723 g/mol. The Morgan fingerprint density at radius 1 is 1.00 bits per heavy atom. The van der Waals surface area contributed by atoms with Crippen LogP contribution in [0, 0.1) is 0 Å². The number of para-hydroxylation sites is 1. The molecule has 3 N–H and O–H groups in total. The first-order chi connectivity index (χ1) is 23.8. The number of hydrogen-bond acceptors (Lipinski definition) is 8. The molecule has 1 atom stereocenters. The molecule has 2 aromatic carbocycles. The van der Waals surface area contributed by atoms with E-state index in [2.05, 4.69) is 55.5 Å². The van der Waals surface area contributed by atoms with Gasteiger partial charge in [0, 0.05) is 60.1 Å². The largest absolute Gasteiger partial charge is 0.375 e. The van der Waals surface area contributed by atoms with Gasteiger partial charge in [-0.2, -0.15) is 0 Å². The Hall–Kier alpha value is -3.35. The lowest BCUT2D eigenvalue weighted by Crippen LogP contribution is -2.45. The van der Waals surface area contributed by atoms with Crippen LogP contribution in [0.4, 0.5) is 5.69 Å². The van der Waals surface area contributed by atoms with Gasteiger partial charge in [0.2, 0.25) is 17.7 Å². The van der Waals surface area contributed by atoms with Crippen LogP contribution >= 0.6 is 21.6 Å². The van der Waals surface area contributed by atoms with Gasteiger partial charge in [0.1, 0.15) is 5.69 Å². The Balaban J connectivity index is 1.32. The van der Waals surface area contributed by atoms with Crippen molar-refractivity contribution in [1.29, 1.82) is 0 Å². The molecule has 12 heteroatoms. The number of nitrogens with zero attached hydrogens (tertiary/aromatic N) is 4. The maximum Gasteiger partial charge on any atom is 0.227 e. The molecule has 1 aliphatic heterocycles. The molecule has 1 aromatic heterocycles. The number of nitrogens with two attached hydrogens (primary N) is 1. The first-order valence-corrected chi connectivity index (χ1v) is 20.1. The molecule has 3 aromatic rings. The summed E-state index contributed by atoms with van der Waals surface area (Å²) in [5, 5.41) is 12.6. The second kappa shape index (κ2) is 18.2. The molecule has 2 heterocycles. The number of anilines is 1. The van der Waals surface area contributed by atoms with Crippen molar-refractivity contribution in [3.63, 3.8) is 0 Å². The highest BCUT2D eigenvalue weighted by Crippen LogP contribution is 2.41. The Morgan fingerprint density at radius 2 is 1.72 bits per heavy atom. The predicted molar refractivity (Wildman–Crippen MR) is 206 cm³/mol. The van der Waals surface area contributed by atoms with Crippen molar-refractivity contribution >= 4 is 45.0 Å². The number of nitrogens with one attached hydrogen (secondary N) is 1. The molecular weight excluding hydrogens is 669 g/mol. The number of primary amides is 1. The maximum atomic E-state index is 13.9. The molecule has 50 heavy (non-hydrogen) atoms. The molecule has 10 nitrogen and oxygen atoms in total. The first-order valence-electron chi connectivity index (χ1n) is 17.7. The molecule has 1 aliphatic rings. The summed E-state index contributed by atoms with van der Waals surface area (Å²) in [5.41, 5.74) is 9.85. The van der Waals surface area contributed by atoms with Gasteiger partial charge in [-0.25, -0.2) is 4.68 Å². The summed E-state index contributed by atoms with van der Waals surface area (Å²) in [7, 11) is 3.57. The Morgan fingerprint density at radius 3 is 2.46 bits per heavy atom. The van der Waals surface area contributed by atoms with Crippen LogP contribution in [0.3, 0.4) is 0 Å². The number of fused-ring (bicyclic) bond motifs is 5. The fourth-order valence-electron chi connectivity index (χ4n) is 5.86. The summed E-state index contributed by atoms with van der Waals surface area (Å²) in [6.45, 7) is 14.1. The van der Waals surface area contributed by atoms with Crippen LogP contribution in [0.5, 0.6) is 0 Å². The molecular formula is C38H54N6O4S2. The zero-order chi connectivity index (χ0) is 36.3. The van der Waals surface area contributed by atoms with E-state index in [0.717, 1.165) is 71.7 Å². The molecule has 0 bridgehead atoms. The molecule has 0 radical (unpaired) electrons. The van der Waals surface area contributed by atoms with Crippen LogP contribution < -0.4 is 16.0 Å². The predicted octanol–water partition coefficient (Wildman–Crippen LogP) is 7.54. The van der Waals surface area contributed by atoms with Crippen LogP contribution in [0.25, 0.3) is 22.5 Å². The molecule has 1 unspecified atom stereocenters. The number of ether oxygens (including phenoxy) is 1. The summed E-state index contributed by atoms with van der Waals surface area (Å²) < 4.78 is 8.22. The lowest BCUT2D eigenvalue weighted by Gasteiger charge is -2.31. The van der Waals surface area contributed by atoms with Gasteiger partial charge in [0.15, 0.2) is 0 Å². The molecule has 0 fully saturated rings.